The van der Waals surface area contributed by atoms with Gasteiger partial charge in [0.15, 0.2) is 0 Å². The third kappa shape index (κ3) is 4.28. The Morgan fingerprint density at radius 3 is 2.47 bits per heavy atom. The van der Waals surface area contributed by atoms with Crippen LogP contribution in [0.15, 0.2) is 0 Å². The number of ether oxygens (including phenoxy) is 1. The molecule has 1 aliphatic rings. The van der Waals surface area contributed by atoms with Crippen molar-refractivity contribution in [3.8, 4) is 0 Å². The van der Waals surface area contributed by atoms with Gasteiger partial charge in [0.1, 0.15) is 0 Å². The van der Waals surface area contributed by atoms with Crippen LogP contribution in [0.1, 0.15) is 32.6 Å². The molecule has 1 unspecified atom stereocenters. The van der Waals surface area contributed by atoms with Gasteiger partial charge in [-0.25, -0.2) is 0 Å². The zero-order valence-corrected chi connectivity index (χ0v) is 11.3. The fourth-order valence-electron chi connectivity index (χ4n) is 2.51. The summed E-state index contributed by atoms with van der Waals surface area (Å²) in [4.78, 5) is 14.0. The van der Waals surface area contributed by atoms with Crippen LogP contribution in [-0.2, 0) is 9.53 Å². The second kappa shape index (κ2) is 6.97. The average molecular weight is 242 g/mol. The van der Waals surface area contributed by atoms with E-state index in [4.69, 9.17) is 10.5 Å². The van der Waals surface area contributed by atoms with Crippen molar-refractivity contribution in [3.05, 3.63) is 0 Å². The summed E-state index contributed by atoms with van der Waals surface area (Å²) in [7, 11) is 3.54. The van der Waals surface area contributed by atoms with E-state index < -0.39 is 0 Å². The third-order valence-corrected chi connectivity index (χ3v) is 3.84. The van der Waals surface area contributed by atoms with Crippen molar-refractivity contribution in [1.29, 1.82) is 0 Å². The molecule has 0 saturated heterocycles. The van der Waals surface area contributed by atoms with E-state index in [-0.39, 0.29) is 17.9 Å². The summed E-state index contributed by atoms with van der Waals surface area (Å²) in [5, 5.41) is 0. The highest BCUT2D eigenvalue weighted by Crippen LogP contribution is 2.29. The molecule has 0 aliphatic heterocycles. The molecule has 0 spiro atoms. The molecule has 1 atom stereocenters. The van der Waals surface area contributed by atoms with Crippen LogP contribution in [0.5, 0.6) is 0 Å². The fourth-order valence-corrected chi connectivity index (χ4v) is 2.51. The van der Waals surface area contributed by atoms with Crippen LogP contribution in [0.4, 0.5) is 0 Å². The Kier molecular flexibility index (Phi) is 5.92. The van der Waals surface area contributed by atoms with E-state index in [1.807, 2.05) is 18.9 Å². The first-order valence-electron chi connectivity index (χ1n) is 6.56. The highest BCUT2D eigenvalue weighted by atomic mass is 16.5. The lowest BCUT2D eigenvalue weighted by Crippen LogP contribution is -2.39. The van der Waals surface area contributed by atoms with Crippen LogP contribution in [0.25, 0.3) is 0 Å². The molecule has 0 bridgehead atoms. The van der Waals surface area contributed by atoms with Crippen molar-refractivity contribution in [2.45, 2.75) is 38.7 Å². The predicted molar refractivity (Wildman–Crippen MR) is 68.6 cm³/mol. The molecular weight excluding hydrogens is 216 g/mol. The lowest BCUT2D eigenvalue weighted by Gasteiger charge is -2.30. The molecule has 1 saturated carbocycles. The number of carbonyl (C=O) groups excluding carboxylic acids is 1. The Balaban J connectivity index is 2.37. The van der Waals surface area contributed by atoms with Crippen LogP contribution >= 0.6 is 0 Å². The third-order valence-electron chi connectivity index (χ3n) is 3.84. The lowest BCUT2D eigenvalue weighted by molar-refractivity contribution is -0.136. The van der Waals surface area contributed by atoms with Gasteiger partial charge < -0.3 is 15.4 Å². The first-order valence-corrected chi connectivity index (χ1v) is 6.56. The molecule has 0 aromatic heterocycles. The Hall–Kier alpha value is -0.610. The molecule has 1 fully saturated rings. The van der Waals surface area contributed by atoms with Crippen molar-refractivity contribution in [3.63, 3.8) is 0 Å². The molecule has 2 N–H and O–H groups in total. The standard InChI is InChI=1S/C13H26N2O2/c1-10(17-3)9-15(2)13(16)12-6-4-11(8-14)5-7-12/h10-12H,4-9,14H2,1-3H3. The van der Waals surface area contributed by atoms with Crippen LogP contribution in [0.2, 0.25) is 0 Å². The van der Waals surface area contributed by atoms with E-state index in [1.165, 1.54) is 0 Å². The number of amides is 1. The molecule has 0 aromatic rings. The maximum atomic E-state index is 12.2. The zero-order chi connectivity index (χ0) is 12.8. The van der Waals surface area contributed by atoms with Crippen molar-refractivity contribution in [2.24, 2.45) is 17.6 Å². The molecule has 0 heterocycles. The first-order chi connectivity index (χ1) is 8.08. The first kappa shape index (κ1) is 14.5. The van der Waals surface area contributed by atoms with Gasteiger partial charge in [0.2, 0.25) is 5.91 Å². The SMILES string of the molecule is COC(C)CN(C)C(=O)C1CCC(CN)CC1. The summed E-state index contributed by atoms with van der Waals surface area (Å²) in [5.41, 5.74) is 5.66. The Labute approximate surface area is 104 Å². The summed E-state index contributed by atoms with van der Waals surface area (Å²) in [6.45, 7) is 3.42. The van der Waals surface area contributed by atoms with E-state index in [1.54, 1.807) is 7.11 Å². The number of hydrogen-bond donors (Lipinski definition) is 1. The van der Waals surface area contributed by atoms with Crippen LogP contribution < -0.4 is 5.73 Å². The number of rotatable bonds is 5. The van der Waals surface area contributed by atoms with Gasteiger partial charge in [0, 0.05) is 26.6 Å². The minimum absolute atomic E-state index is 0.101. The average Bonchev–Trinajstić information content (AvgIpc) is 2.37. The summed E-state index contributed by atoms with van der Waals surface area (Å²) >= 11 is 0. The van der Waals surface area contributed by atoms with E-state index in [2.05, 4.69) is 0 Å². The van der Waals surface area contributed by atoms with Crippen LogP contribution in [-0.4, -0.2) is 44.2 Å². The molecular formula is C13H26N2O2. The van der Waals surface area contributed by atoms with Gasteiger partial charge >= 0.3 is 0 Å². The second-order valence-corrected chi connectivity index (χ2v) is 5.22. The minimum Gasteiger partial charge on any atom is -0.380 e. The van der Waals surface area contributed by atoms with E-state index >= 15 is 0 Å². The zero-order valence-electron chi connectivity index (χ0n) is 11.3. The van der Waals surface area contributed by atoms with E-state index in [9.17, 15) is 4.79 Å². The fraction of sp³-hybridized carbons (Fsp3) is 0.923. The van der Waals surface area contributed by atoms with Gasteiger partial charge in [0.05, 0.1) is 6.10 Å². The topological polar surface area (TPSA) is 55.6 Å². The van der Waals surface area contributed by atoms with Gasteiger partial charge in [-0.1, -0.05) is 0 Å². The molecule has 100 valence electrons. The number of carbonyl (C=O) groups is 1. The smallest absolute Gasteiger partial charge is 0.225 e. The number of nitrogens with zero attached hydrogens (tertiary/aromatic N) is 1. The molecule has 1 amide bonds. The number of hydrogen-bond acceptors (Lipinski definition) is 3. The van der Waals surface area contributed by atoms with Gasteiger partial charge in [-0.2, -0.15) is 0 Å². The summed E-state index contributed by atoms with van der Waals surface area (Å²) in [6.07, 6.45) is 4.28. The number of nitrogens with two attached hydrogens (primary N) is 1. The Bertz CT molecular complexity index is 238. The molecule has 4 nitrogen and oxygen atoms in total. The molecule has 1 aliphatic carbocycles. The Morgan fingerprint density at radius 1 is 1.41 bits per heavy atom. The van der Waals surface area contributed by atoms with Crippen molar-refractivity contribution >= 4 is 5.91 Å². The normalized spacial score (nSPS) is 26.6. The highest BCUT2D eigenvalue weighted by molar-refractivity contribution is 5.78. The van der Waals surface area contributed by atoms with Gasteiger partial charge in [-0.3, -0.25) is 4.79 Å². The number of methoxy groups -OCH3 is 1. The Morgan fingerprint density at radius 2 is 2.00 bits per heavy atom. The van der Waals surface area contributed by atoms with E-state index in [0.717, 1.165) is 32.2 Å². The lowest BCUT2D eigenvalue weighted by atomic mass is 9.81. The maximum Gasteiger partial charge on any atom is 0.225 e. The minimum atomic E-state index is 0.101. The van der Waals surface area contributed by atoms with Gasteiger partial charge in [-0.05, 0) is 45.1 Å². The van der Waals surface area contributed by atoms with E-state index in [0.29, 0.717) is 12.5 Å². The van der Waals surface area contributed by atoms with Gasteiger partial charge in [-0.15, -0.1) is 0 Å². The highest BCUT2D eigenvalue weighted by Gasteiger charge is 2.27. The summed E-state index contributed by atoms with van der Waals surface area (Å²) < 4.78 is 5.18. The largest absolute Gasteiger partial charge is 0.380 e. The monoisotopic (exact) mass is 242 g/mol. The maximum absolute atomic E-state index is 12.2. The predicted octanol–water partition coefficient (Wildman–Crippen LogP) is 1.24. The van der Waals surface area contributed by atoms with Crippen LogP contribution in [0.3, 0.4) is 0 Å². The molecule has 0 radical (unpaired) electrons. The van der Waals surface area contributed by atoms with Crippen molar-refractivity contribution in [1.82, 2.24) is 4.90 Å². The van der Waals surface area contributed by atoms with Crippen LogP contribution in [0, 0.1) is 11.8 Å². The quantitative estimate of drug-likeness (QED) is 0.789. The van der Waals surface area contributed by atoms with Gasteiger partial charge in [0.25, 0.3) is 0 Å². The molecule has 4 heteroatoms. The molecule has 0 aromatic carbocycles. The summed E-state index contributed by atoms with van der Waals surface area (Å²) in [5.74, 6) is 1.10. The molecule has 1 rings (SSSR count). The van der Waals surface area contributed by atoms with Crippen molar-refractivity contribution in [2.75, 3.05) is 27.2 Å². The second-order valence-electron chi connectivity index (χ2n) is 5.22. The van der Waals surface area contributed by atoms with Crippen molar-refractivity contribution < 1.29 is 9.53 Å². The summed E-state index contributed by atoms with van der Waals surface area (Å²) in [6, 6.07) is 0. The number of likely N-dealkylation sites (N-methyl/N-ethyl adjacent to an activating group) is 1. The molecule has 17 heavy (non-hydrogen) atoms.